The molecule has 25 heavy (non-hydrogen) atoms. The Labute approximate surface area is 145 Å². The smallest absolute Gasteiger partial charge is 0.255 e. The van der Waals surface area contributed by atoms with Gasteiger partial charge in [-0.3, -0.25) is 9.48 Å². The molecule has 6 heteroatoms. The molecule has 1 aromatic heterocycles. The van der Waals surface area contributed by atoms with Gasteiger partial charge in [-0.2, -0.15) is 5.10 Å². The van der Waals surface area contributed by atoms with Crippen LogP contribution < -0.4 is 5.32 Å². The number of ether oxygens (including phenoxy) is 2. The maximum absolute atomic E-state index is 12.6. The van der Waals surface area contributed by atoms with Crippen molar-refractivity contribution in [3.63, 3.8) is 0 Å². The number of aromatic nitrogens is 2. The van der Waals surface area contributed by atoms with Crippen molar-refractivity contribution in [2.24, 2.45) is 0 Å². The lowest BCUT2D eigenvalue weighted by molar-refractivity contribution is 0.102. The zero-order valence-electron chi connectivity index (χ0n) is 14.0. The molecule has 0 saturated carbocycles. The van der Waals surface area contributed by atoms with E-state index in [9.17, 15) is 4.79 Å². The Morgan fingerprint density at radius 1 is 1.24 bits per heavy atom. The molecule has 1 aliphatic heterocycles. The van der Waals surface area contributed by atoms with Crippen LogP contribution in [0, 0.1) is 0 Å². The molecule has 6 nitrogen and oxygen atoms in total. The number of nitrogens with one attached hydrogen (secondary N) is 1. The SMILES string of the molecule is COCCn1ncc2ccc(NC(=O)c3ccc4c(c3)COC4)cc21. The highest BCUT2D eigenvalue weighted by Crippen LogP contribution is 2.23. The van der Waals surface area contributed by atoms with Crippen molar-refractivity contribution >= 4 is 22.5 Å². The van der Waals surface area contributed by atoms with Gasteiger partial charge < -0.3 is 14.8 Å². The normalized spacial score (nSPS) is 13.2. The number of carbonyl (C=O) groups is 1. The lowest BCUT2D eigenvalue weighted by atomic mass is 10.1. The molecule has 1 amide bonds. The first kappa shape index (κ1) is 15.8. The number of amides is 1. The zero-order valence-corrected chi connectivity index (χ0v) is 14.0. The van der Waals surface area contributed by atoms with Crippen LogP contribution in [-0.2, 0) is 29.2 Å². The second-order valence-electron chi connectivity index (χ2n) is 6.06. The first-order valence-corrected chi connectivity index (χ1v) is 8.20. The molecule has 0 atom stereocenters. The van der Waals surface area contributed by atoms with Crippen molar-refractivity contribution in [2.45, 2.75) is 19.8 Å². The van der Waals surface area contributed by atoms with Gasteiger partial charge in [-0.05, 0) is 41.5 Å². The molecule has 0 saturated heterocycles. The fraction of sp³-hybridized carbons (Fsp3) is 0.263. The topological polar surface area (TPSA) is 65.4 Å². The van der Waals surface area contributed by atoms with Crippen LogP contribution in [0.2, 0.25) is 0 Å². The van der Waals surface area contributed by atoms with Crippen LogP contribution in [0.3, 0.4) is 0 Å². The quantitative estimate of drug-likeness (QED) is 0.777. The van der Waals surface area contributed by atoms with Crippen LogP contribution in [0.5, 0.6) is 0 Å². The first-order valence-electron chi connectivity index (χ1n) is 8.20. The molecule has 0 bridgehead atoms. The summed E-state index contributed by atoms with van der Waals surface area (Å²) in [4.78, 5) is 12.6. The van der Waals surface area contributed by atoms with E-state index in [0.717, 1.165) is 27.7 Å². The molecule has 4 rings (SSSR count). The molecule has 2 heterocycles. The Morgan fingerprint density at radius 3 is 3.00 bits per heavy atom. The summed E-state index contributed by atoms with van der Waals surface area (Å²) in [5, 5.41) is 8.35. The van der Waals surface area contributed by atoms with Gasteiger partial charge in [0.2, 0.25) is 0 Å². The van der Waals surface area contributed by atoms with Gasteiger partial charge in [0, 0.05) is 23.7 Å². The number of benzene rings is 2. The summed E-state index contributed by atoms with van der Waals surface area (Å²) < 4.78 is 12.4. The van der Waals surface area contributed by atoms with E-state index in [1.54, 1.807) is 7.11 Å². The molecule has 0 spiro atoms. The molecule has 1 aliphatic rings. The van der Waals surface area contributed by atoms with Crippen molar-refractivity contribution in [3.8, 4) is 0 Å². The van der Waals surface area contributed by atoms with Crippen LogP contribution in [0.1, 0.15) is 21.5 Å². The molecule has 0 fully saturated rings. The van der Waals surface area contributed by atoms with Gasteiger partial charge in [0.05, 0.1) is 38.1 Å². The Balaban J connectivity index is 1.56. The molecule has 0 unspecified atom stereocenters. The average molecular weight is 337 g/mol. The molecule has 3 aromatic rings. The van der Waals surface area contributed by atoms with Crippen LogP contribution in [0.25, 0.3) is 10.9 Å². The van der Waals surface area contributed by atoms with E-state index in [1.807, 2.05) is 47.3 Å². The molecule has 128 valence electrons. The second-order valence-corrected chi connectivity index (χ2v) is 6.06. The standard InChI is InChI=1S/C19H19N3O3/c1-24-7-6-22-18-9-17(5-4-14(18)10-20-22)21-19(23)13-2-3-15-11-25-12-16(15)8-13/h2-5,8-10H,6-7,11-12H2,1H3,(H,21,23). The van der Waals surface area contributed by atoms with Crippen LogP contribution in [0.15, 0.2) is 42.6 Å². The van der Waals surface area contributed by atoms with E-state index in [-0.39, 0.29) is 5.91 Å². The molecule has 1 N–H and O–H groups in total. The van der Waals surface area contributed by atoms with Crippen molar-refractivity contribution in [1.82, 2.24) is 9.78 Å². The summed E-state index contributed by atoms with van der Waals surface area (Å²) >= 11 is 0. The minimum absolute atomic E-state index is 0.128. The average Bonchev–Trinajstić information content (AvgIpc) is 3.25. The van der Waals surface area contributed by atoms with E-state index in [4.69, 9.17) is 9.47 Å². The Kier molecular flexibility index (Phi) is 4.21. The summed E-state index contributed by atoms with van der Waals surface area (Å²) in [5.74, 6) is -0.128. The molecule has 0 radical (unpaired) electrons. The fourth-order valence-electron chi connectivity index (χ4n) is 3.02. The summed E-state index contributed by atoms with van der Waals surface area (Å²) in [6, 6.07) is 11.5. The fourth-order valence-corrected chi connectivity index (χ4v) is 3.02. The summed E-state index contributed by atoms with van der Waals surface area (Å²) in [6.07, 6.45) is 1.82. The second kappa shape index (κ2) is 6.66. The van der Waals surface area contributed by atoms with Crippen LogP contribution in [-0.4, -0.2) is 29.4 Å². The third kappa shape index (κ3) is 3.14. The van der Waals surface area contributed by atoms with Gasteiger partial charge in [-0.25, -0.2) is 0 Å². The third-order valence-electron chi connectivity index (χ3n) is 4.39. The Hall–Kier alpha value is -2.70. The minimum atomic E-state index is -0.128. The number of fused-ring (bicyclic) bond motifs is 2. The number of hydrogen-bond acceptors (Lipinski definition) is 4. The van der Waals surface area contributed by atoms with E-state index in [0.29, 0.717) is 31.9 Å². The van der Waals surface area contributed by atoms with Gasteiger partial charge in [0.1, 0.15) is 0 Å². The Bertz CT molecular complexity index is 933. The number of methoxy groups -OCH3 is 1. The van der Waals surface area contributed by atoms with Gasteiger partial charge in [-0.1, -0.05) is 6.07 Å². The highest BCUT2D eigenvalue weighted by atomic mass is 16.5. The van der Waals surface area contributed by atoms with E-state index in [2.05, 4.69) is 10.4 Å². The lowest BCUT2D eigenvalue weighted by Crippen LogP contribution is -2.12. The monoisotopic (exact) mass is 337 g/mol. The lowest BCUT2D eigenvalue weighted by Gasteiger charge is -2.08. The van der Waals surface area contributed by atoms with Crippen molar-refractivity contribution in [3.05, 3.63) is 59.3 Å². The Morgan fingerprint density at radius 2 is 2.12 bits per heavy atom. The minimum Gasteiger partial charge on any atom is -0.383 e. The van der Waals surface area contributed by atoms with Gasteiger partial charge in [0.25, 0.3) is 5.91 Å². The maximum Gasteiger partial charge on any atom is 0.255 e. The highest BCUT2D eigenvalue weighted by Gasteiger charge is 2.15. The van der Waals surface area contributed by atoms with Crippen LogP contribution >= 0.6 is 0 Å². The largest absolute Gasteiger partial charge is 0.383 e. The number of nitrogens with zero attached hydrogens (tertiary/aromatic N) is 2. The van der Waals surface area contributed by atoms with Crippen molar-refractivity contribution < 1.29 is 14.3 Å². The number of anilines is 1. The van der Waals surface area contributed by atoms with E-state index in [1.165, 1.54) is 0 Å². The van der Waals surface area contributed by atoms with Gasteiger partial charge in [-0.15, -0.1) is 0 Å². The number of rotatable bonds is 5. The highest BCUT2D eigenvalue weighted by molar-refractivity contribution is 6.05. The van der Waals surface area contributed by atoms with E-state index >= 15 is 0 Å². The molecular weight excluding hydrogens is 318 g/mol. The number of hydrogen-bond donors (Lipinski definition) is 1. The summed E-state index contributed by atoms with van der Waals surface area (Å²) in [6.45, 7) is 2.45. The predicted octanol–water partition coefficient (Wildman–Crippen LogP) is 2.97. The zero-order chi connectivity index (χ0) is 17.2. The van der Waals surface area contributed by atoms with E-state index < -0.39 is 0 Å². The predicted molar refractivity (Wildman–Crippen MR) is 94.5 cm³/mol. The first-order chi connectivity index (χ1) is 12.2. The van der Waals surface area contributed by atoms with Gasteiger partial charge in [0.15, 0.2) is 0 Å². The number of carbonyl (C=O) groups excluding carboxylic acids is 1. The summed E-state index contributed by atoms with van der Waals surface area (Å²) in [7, 11) is 1.67. The molecular formula is C19H19N3O3. The molecule has 2 aromatic carbocycles. The van der Waals surface area contributed by atoms with Crippen molar-refractivity contribution in [1.29, 1.82) is 0 Å². The maximum atomic E-state index is 12.6. The summed E-state index contributed by atoms with van der Waals surface area (Å²) in [5.41, 5.74) is 4.59. The third-order valence-corrected chi connectivity index (χ3v) is 4.39. The molecule has 0 aliphatic carbocycles. The van der Waals surface area contributed by atoms with Crippen molar-refractivity contribution in [2.75, 3.05) is 19.0 Å². The van der Waals surface area contributed by atoms with Crippen LogP contribution in [0.4, 0.5) is 5.69 Å². The van der Waals surface area contributed by atoms with Gasteiger partial charge >= 0.3 is 0 Å².